The molecule has 0 fully saturated rings. The Morgan fingerprint density at radius 2 is 1.88 bits per heavy atom. The van der Waals surface area contributed by atoms with Crippen LogP contribution in [0.15, 0.2) is 73.2 Å². The molecule has 0 unspecified atom stereocenters. The summed E-state index contributed by atoms with van der Waals surface area (Å²) in [5.74, 6) is -0.247. The molecular weight excluding hydrogens is 428 g/mol. The van der Waals surface area contributed by atoms with E-state index < -0.39 is 5.97 Å². The highest BCUT2D eigenvalue weighted by Gasteiger charge is 2.24. The summed E-state index contributed by atoms with van der Waals surface area (Å²) >= 11 is 6.16. The molecule has 0 saturated carbocycles. The zero-order valence-electron chi connectivity index (χ0n) is 17.0. The molecule has 0 bridgehead atoms. The van der Waals surface area contributed by atoms with E-state index in [0.29, 0.717) is 27.5 Å². The predicted octanol–water partition coefficient (Wildman–Crippen LogP) is 4.96. The summed E-state index contributed by atoms with van der Waals surface area (Å²) in [4.78, 5) is 21.7. The lowest BCUT2D eigenvalue weighted by molar-refractivity contribution is 0.0585. The van der Waals surface area contributed by atoms with Crippen LogP contribution in [-0.4, -0.2) is 32.7 Å². The van der Waals surface area contributed by atoms with Gasteiger partial charge in [0.25, 0.3) is 0 Å². The van der Waals surface area contributed by atoms with Gasteiger partial charge in [0.1, 0.15) is 12.9 Å². The number of aromatic nitrogens is 4. The minimum absolute atomic E-state index is 0.153. The van der Waals surface area contributed by atoms with Gasteiger partial charge in [0.2, 0.25) is 0 Å². The van der Waals surface area contributed by atoms with Gasteiger partial charge in [-0.25, -0.2) is 14.3 Å². The van der Waals surface area contributed by atoms with Crippen molar-refractivity contribution in [3.8, 4) is 17.0 Å². The minimum atomic E-state index is -0.579. The van der Waals surface area contributed by atoms with Crippen molar-refractivity contribution in [3.05, 3.63) is 89.5 Å². The first kappa shape index (κ1) is 20.0. The summed E-state index contributed by atoms with van der Waals surface area (Å²) in [6.45, 7) is 0.260. The highest BCUT2D eigenvalue weighted by atomic mass is 35.5. The number of rotatable bonds is 5. The first-order chi connectivity index (χ1) is 15.7. The maximum Gasteiger partial charge on any atom is 0.360 e. The standard InChI is InChI=1S/C24H17ClN4O3/c1-31-24(30)21-22(32-13-15-6-3-2-4-7-15)19-12-26-20(16-8-5-9-17(25)10-16)11-18(19)23-27-14-28-29(21)23/h2-12,14H,13H2,1H3. The van der Waals surface area contributed by atoms with Crippen molar-refractivity contribution in [2.75, 3.05) is 7.11 Å². The maximum absolute atomic E-state index is 12.7. The van der Waals surface area contributed by atoms with Crippen molar-refractivity contribution in [2.45, 2.75) is 6.61 Å². The van der Waals surface area contributed by atoms with Crippen LogP contribution in [0.5, 0.6) is 5.75 Å². The number of methoxy groups -OCH3 is 1. The molecule has 2 aromatic carbocycles. The normalized spacial score (nSPS) is 11.1. The molecule has 0 aliphatic heterocycles. The summed E-state index contributed by atoms with van der Waals surface area (Å²) in [7, 11) is 1.32. The summed E-state index contributed by atoms with van der Waals surface area (Å²) < 4.78 is 12.6. The Labute approximate surface area is 188 Å². The number of hydrogen-bond donors (Lipinski definition) is 0. The van der Waals surface area contributed by atoms with E-state index in [4.69, 9.17) is 21.1 Å². The number of esters is 1. The molecule has 0 N–H and O–H groups in total. The van der Waals surface area contributed by atoms with Gasteiger partial charge < -0.3 is 9.47 Å². The summed E-state index contributed by atoms with van der Waals surface area (Å²) in [5.41, 5.74) is 3.18. The molecule has 0 amide bonds. The van der Waals surface area contributed by atoms with Crippen LogP contribution in [-0.2, 0) is 11.3 Å². The van der Waals surface area contributed by atoms with E-state index in [1.165, 1.54) is 18.0 Å². The third kappa shape index (κ3) is 3.52. The van der Waals surface area contributed by atoms with E-state index in [0.717, 1.165) is 16.5 Å². The van der Waals surface area contributed by atoms with Gasteiger partial charge in [-0.15, -0.1) is 0 Å². The number of pyridine rings is 2. The van der Waals surface area contributed by atoms with Crippen molar-refractivity contribution in [3.63, 3.8) is 0 Å². The number of nitrogens with zero attached hydrogens (tertiary/aromatic N) is 4. The SMILES string of the molecule is COC(=O)c1c(OCc2ccccc2)c2cnc(-c3cccc(Cl)c3)cc2c2ncnn12. The highest BCUT2D eigenvalue weighted by molar-refractivity contribution is 6.30. The molecule has 3 aromatic heterocycles. The average Bonchev–Trinajstić information content (AvgIpc) is 3.32. The molecule has 0 atom stereocenters. The van der Waals surface area contributed by atoms with Gasteiger partial charge >= 0.3 is 5.97 Å². The lowest BCUT2D eigenvalue weighted by Gasteiger charge is -2.15. The minimum Gasteiger partial charge on any atom is -0.486 e. The number of hydrogen-bond acceptors (Lipinski definition) is 6. The zero-order valence-corrected chi connectivity index (χ0v) is 17.8. The van der Waals surface area contributed by atoms with Gasteiger partial charge in [0.05, 0.1) is 12.8 Å². The van der Waals surface area contributed by atoms with Gasteiger partial charge in [-0.2, -0.15) is 5.10 Å². The van der Waals surface area contributed by atoms with Crippen molar-refractivity contribution in [1.82, 2.24) is 19.6 Å². The molecule has 158 valence electrons. The molecule has 0 aliphatic rings. The Kier molecular flexibility index (Phi) is 5.17. The van der Waals surface area contributed by atoms with E-state index in [1.54, 1.807) is 12.3 Å². The van der Waals surface area contributed by atoms with E-state index in [1.807, 2.05) is 54.6 Å². The molecule has 5 aromatic rings. The number of carbonyl (C=O) groups excluding carboxylic acids is 1. The molecule has 0 saturated heterocycles. The van der Waals surface area contributed by atoms with Crippen LogP contribution in [0.4, 0.5) is 0 Å². The largest absolute Gasteiger partial charge is 0.486 e. The van der Waals surface area contributed by atoms with Gasteiger partial charge in [-0.05, 0) is 23.8 Å². The fourth-order valence-corrected chi connectivity index (χ4v) is 3.78. The number of fused-ring (bicyclic) bond motifs is 3. The first-order valence-electron chi connectivity index (χ1n) is 9.82. The second-order valence-electron chi connectivity index (χ2n) is 7.06. The van der Waals surface area contributed by atoms with Gasteiger partial charge in [-0.3, -0.25) is 4.98 Å². The molecule has 0 radical (unpaired) electrons. The number of ether oxygens (including phenoxy) is 2. The first-order valence-corrected chi connectivity index (χ1v) is 10.2. The molecule has 8 heteroatoms. The fraction of sp³-hybridized carbons (Fsp3) is 0.0833. The molecule has 32 heavy (non-hydrogen) atoms. The second kappa shape index (κ2) is 8.28. The summed E-state index contributed by atoms with van der Waals surface area (Å²) in [6, 6.07) is 19.0. The van der Waals surface area contributed by atoms with Crippen LogP contribution in [0.3, 0.4) is 0 Å². The molecule has 0 spiro atoms. The van der Waals surface area contributed by atoms with Crippen molar-refractivity contribution >= 4 is 34.0 Å². The highest BCUT2D eigenvalue weighted by Crippen LogP contribution is 2.35. The monoisotopic (exact) mass is 444 g/mol. The van der Waals surface area contributed by atoms with Crippen LogP contribution >= 0.6 is 11.6 Å². The Hall–Kier alpha value is -3.97. The van der Waals surface area contributed by atoms with Crippen LogP contribution < -0.4 is 4.74 Å². The lowest BCUT2D eigenvalue weighted by atomic mass is 10.1. The summed E-state index contributed by atoms with van der Waals surface area (Å²) in [6.07, 6.45) is 3.06. The van der Waals surface area contributed by atoms with E-state index in [-0.39, 0.29) is 12.3 Å². The van der Waals surface area contributed by atoms with Crippen LogP contribution in [0.2, 0.25) is 5.02 Å². The third-order valence-corrected chi connectivity index (χ3v) is 5.32. The fourth-order valence-electron chi connectivity index (χ4n) is 3.59. The van der Waals surface area contributed by atoms with Gasteiger partial charge in [0.15, 0.2) is 17.1 Å². The zero-order chi connectivity index (χ0) is 22.1. The Bertz CT molecular complexity index is 1450. The van der Waals surface area contributed by atoms with Crippen molar-refractivity contribution < 1.29 is 14.3 Å². The Balaban J connectivity index is 1.73. The Morgan fingerprint density at radius 3 is 2.66 bits per heavy atom. The van der Waals surface area contributed by atoms with Gasteiger partial charge in [-0.1, -0.05) is 54.1 Å². The topological polar surface area (TPSA) is 78.6 Å². The number of halogens is 1. The van der Waals surface area contributed by atoms with Crippen molar-refractivity contribution in [2.24, 2.45) is 0 Å². The molecule has 5 rings (SSSR count). The maximum atomic E-state index is 12.7. The average molecular weight is 445 g/mol. The number of carbonyl (C=O) groups is 1. The second-order valence-corrected chi connectivity index (χ2v) is 7.50. The smallest absolute Gasteiger partial charge is 0.360 e. The summed E-state index contributed by atoms with van der Waals surface area (Å²) in [5, 5.41) is 6.24. The van der Waals surface area contributed by atoms with E-state index in [2.05, 4.69) is 15.1 Å². The van der Waals surface area contributed by atoms with Gasteiger partial charge in [0, 0.05) is 27.6 Å². The van der Waals surface area contributed by atoms with E-state index >= 15 is 0 Å². The van der Waals surface area contributed by atoms with Crippen LogP contribution in [0.25, 0.3) is 27.7 Å². The van der Waals surface area contributed by atoms with E-state index in [9.17, 15) is 4.79 Å². The molecule has 3 heterocycles. The lowest BCUT2D eigenvalue weighted by Crippen LogP contribution is -2.13. The molecule has 0 aliphatic carbocycles. The van der Waals surface area contributed by atoms with Crippen LogP contribution in [0, 0.1) is 0 Å². The molecular formula is C24H17ClN4O3. The Morgan fingerprint density at radius 1 is 1.03 bits per heavy atom. The quantitative estimate of drug-likeness (QED) is 0.356. The van der Waals surface area contributed by atoms with Crippen molar-refractivity contribution in [1.29, 1.82) is 0 Å². The number of benzene rings is 2. The predicted molar refractivity (Wildman–Crippen MR) is 121 cm³/mol. The molecule has 7 nitrogen and oxygen atoms in total. The third-order valence-electron chi connectivity index (χ3n) is 5.09. The van der Waals surface area contributed by atoms with Crippen LogP contribution in [0.1, 0.15) is 16.1 Å².